The van der Waals surface area contributed by atoms with E-state index in [0.717, 1.165) is 37.1 Å². The molecule has 0 radical (unpaired) electrons. The zero-order chi connectivity index (χ0) is 21.8. The molecule has 1 aromatic heterocycles. The number of carbonyl (C=O) groups excluding carboxylic acids is 1. The summed E-state index contributed by atoms with van der Waals surface area (Å²) in [6, 6.07) is 15.2. The van der Waals surface area contributed by atoms with Crippen molar-refractivity contribution in [2.75, 3.05) is 23.3 Å². The summed E-state index contributed by atoms with van der Waals surface area (Å²) >= 11 is 6.20. The molecule has 2 aromatic carbocycles. The van der Waals surface area contributed by atoms with E-state index >= 15 is 0 Å². The monoisotopic (exact) mass is 439 g/mol. The highest BCUT2D eigenvalue weighted by molar-refractivity contribution is 6.20. The van der Waals surface area contributed by atoms with Crippen LogP contribution < -0.4 is 16.0 Å². The summed E-state index contributed by atoms with van der Waals surface area (Å²) < 4.78 is 0. The molecule has 162 valence electrons. The van der Waals surface area contributed by atoms with Crippen LogP contribution >= 0.6 is 11.6 Å². The Labute approximate surface area is 186 Å². The number of aromatic nitrogens is 2. The molecule has 3 aromatic rings. The first-order valence-corrected chi connectivity index (χ1v) is 10.8. The third-order valence-corrected chi connectivity index (χ3v) is 6.03. The SMILES string of the molecule is NC(=O)c1c(NCc2ccc(O)cc2)n[nH]c1Cc1ccc(N2CCC(Cl)CC2)cc1. The van der Waals surface area contributed by atoms with E-state index in [1.54, 1.807) is 24.3 Å². The number of aromatic hydroxyl groups is 1. The summed E-state index contributed by atoms with van der Waals surface area (Å²) in [6.45, 7) is 2.39. The minimum Gasteiger partial charge on any atom is -0.508 e. The van der Waals surface area contributed by atoms with Crippen LogP contribution in [-0.4, -0.2) is 39.7 Å². The molecule has 1 aliphatic heterocycles. The smallest absolute Gasteiger partial charge is 0.254 e. The number of phenols is 1. The minimum absolute atomic E-state index is 0.207. The molecule has 4 rings (SSSR count). The fourth-order valence-corrected chi connectivity index (χ4v) is 4.03. The van der Waals surface area contributed by atoms with Gasteiger partial charge in [0.1, 0.15) is 11.3 Å². The van der Waals surface area contributed by atoms with E-state index in [1.807, 2.05) is 0 Å². The number of amides is 1. The molecule has 0 spiro atoms. The van der Waals surface area contributed by atoms with Crippen molar-refractivity contribution in [2.24, 2.45) is 5.73 Å². The van der Waals surface area contributed by atoms with Gasteiger partial charge in [0.25, 0.3) is 5.91 Å². The molecule has 0 unspecified atom stereocenters. The summed E-state index contributed by atoms with van der Waals surface area (Å²) in [4.78, 5) is 14.5. The molecule has 1 aliphatic rings. The van der Waals surface area contributed by atoms with Gasteiger partial charge < -0.3 is 21.1 Å². The van der Waals surface area contributed by atoms with Gasteiger partial charge in [0.05, 0.1) is 5.69 Å². The Hall–Kier alpha value is -3.19. The molecular weight excluding hydrogens is 414 g/mol. The van der Waals surface area contributed by atoms with Crippen molar-refractivity contribution < 1.29 is 9.90 Å². The maximum absolute atomic E-state index is 12.1. The highest BCUT2D eigenvalue weighted by atomic mass is 35.5. The van der Waals surface area contributed by atoms with Crippen molar-refractivity contribution in [1.29, 1.82) is 0 Å². The molecule has 1 amide bonds. The number of piperidine rings is 1. The van der Waals surface area contributed by atoms with Gasteiger partial charge in [-0.1, -0.05) is 24.3 Å². The number of halogens is 1. The van der Waals surface area contributed by atoms with E-state index in [4.69, 9.17) is 17.3 Å². The van der Waals surface area contributed by atoms with Crippen molar-refractivity contribution in [2.45, 2.75) is 31.2 Å². The normalized spacial score (nSPS) is 14.5. The van der Waals surface area contributed by atoms with E-state index in [1.165, 1.54) is 5.69 Å². The van der Waals surface area contributed by atoms with Gasteiger partial charge in [-0.3, -0.25) is 9.89 Å². The van der Waals surface area contributed by atoms with Gasteiger partial charge in [-0.15, -0.1) is 11.6 Å². The summed E-state index contributed by atoms with van der Waals surface area (Å²) in [7, 11) is 0. The van der Waals surface area contributed by atoms with Crippen LogP contribution in [0.25, 0.3) is 0 Å². The number of phenolic OH excluding ortho intramolecular Hbond substituents is 1. The van der Waals surface area contributed by atoms with Gasteiger partial charge in [0, 0.05) is 37.1 Å². The Morgan fingerprint density at radius 1 is 1.13 bits per heavy atom. The van der Waals surface area contributed by atoms with Crippen LogP contribution in [0, 0.1) is 0 Å². The summed E-state index contributed by atoms with van der Waals surface area (Å²) in [5.41, 5.74) is 9.89. The standard InChI is InChI=1S/C23H26ClN5O2/c24-17-9-11-29(12-10-17)18-5-1-15(2-6-18)13-20-21(22(25)31)23(28-27-20)26-14-16-3-7-19(30)8-4-16/h1-8,17,30H,9-14H2,(H2,25,31)(H2,26,27,28). The number of nitrogens with one attached hydrogen (secondary N) is 2. The number of aromatic amines is 1. The van der Waals surface area contributed by atoms with Crippen molar-refractivity contribution >= 4 is 29.0 Å². The van der Waals surface area contributed by atoms with E-state index in [2.05, 4.69) is 44.7 Å². The number of anilines is 2. The topological polar surface area (TPSA) is 107 Å². The van der Waals surface area contributed by atoms with Crippen molar-refractivity contribution in [3.8, 4) is 5.75 Å². The number of alkyl halides is 1. The van der Waals surface area contributed by atoms with Crippen molar-refractivity contribution in [3.05, 3.63) is 70.9 Å². The number of primary amides is 1. The third kappa shape index (κ3) is 5.11. The Morgan fingerprint density at radius 2 is 1.77 bits per heavy atom. The van der Waals surface area contributed by atoms with Gasteiger partial charge in [-0.25, -0.2) is 0 Å². The molecule has 5 N–H and O–H groups in total. The van der Waals surface area contributed by atoms with Crippen LogP contribution in [0.5, 0.6) is 5.75 Å². The Bertz CT molecular complexity index is 1030. The summed E-state index contributed by atoms with van der Waals surface area (Å²) in [5, 5.41) is 20.0. The molecule has 0 atom stereocenters. The predicted octanol–water partition coefficient (Wildman–Crippen LogP) is 3.62. The van der Waals surface area contributed by atoms with E-state index < -0.39 is 5.91 Å². The van der Waals surface area contributed by atoms with Crippen molar-refractivity contribution in [3.63, 3.8) is 0 Å². The highest BCUT2D eigenvalue weighted by Crippen LogP contribution is 2.25. The third-order valence-electron chi connectivity index (χ3n) is 5.59. The van der Waals surface area contributed by atoms with Crippen molar-refractivity contribution in [1.82, 2.24) is 10.2 Å². The molecule has 1 saturated heterocycles. The van der Waals surface area contributed by atoms with Crippen LogP contribution in [0.15, 0.2) is 48.5 Å². The second-order valence-corrected chi connectivity index (χ2v) is 8.43. The summed E-state index contributed by atoms with van der Waals surface area (Å²) in [6.07, 6.45) is 2.52. The number of nitrogens with two attached hydrogens (primary N) is 1. The average molecular weight is 440 g/mol. The summed E-state index contributed by atoms with van der Waals surface area (Å²) in [5.74, 6) is 0.104. The number of rotatable bonds is 7. The lowest BCUT2D eigenvalue weighted by Gasteiger charge is -2.31. The molecule has 0 bridgehead atoms. The average Bonchev–Trinajstić information content (AvgIpc) is 3.17. The Kier molecular flexibility index (Phi) is 6.32. The zero-order valence-corrected chi connectivity index (χ0v) is 17.9. The molecule has 8 heteroatoms. The maximum Gasteiger partial charge on any atom is 0.254 e. The number of H-pyrrole nitrogens is 1. The number of nitrogens with zero attached hydrogens (tertiary/aromatic N) is 2. The number of benzene rings is 2. The lowest BCUT2D eigenvalue weighted by molar-refractivity contribution is 0.100. The predicted molar refractivity (Wildman–Crippen MR) is 123 cm³/mol. The first-order valence-electron chi connectivity index (χ1n) is 10.4. The fraction of sp³-hybridized carbons (Fsp3) is 0.304. The van der Waals surface area contributed by atoms with E-state index in [9.17, 15) is 9.90 Å². The number of hydrogen-bond acceptors (Lipinski definition) is 5. The number of carbonyl (C=O) groups is 1. The van der Waals surface area contributed by atoms with Gasteiger partial charge >= 0.3 is 0 Å². The maximum atomic E-state index is 12.1. The molecular formula is C23H26ClN5O2. The first-order chi connectivity index (χ1) is 15.0. The zero-order valence-electron chi connectivity index (χ0n) is 17.1. The van der Waals surface area contributed by atoms with Crippen LogP contribution in [0.3, 0.4) is 0 Å². The molecule has 31 heavy (non-hydrogen) atoms. The van der Waals surface area contributed by atoms with Gasteiger partial charge in [0.2, 0.25) is 0 Å². The van der Waals surface area contributed by atoms with Crippen LogP contribution in [0.2, 0.25) is 0 Å². The fourth-order valence-electron chi connectivity index (χ4n) is 3.83. The molecule has 7 nitrogen and oxygen atoms in total. The second kappa shape index (κ2) is 9.31. The lowest BCUT2D eigenvalue weighted by atomic mass is 10.0. The molecule has 0 aliphatic carbocycles. The quantitative estimate of drug-likeness (QED) is 0.420. The Balaban J connectivity index is 1.44. The second-order valence-electron chi connectivity index (χ2n) is 7.81. The van der Waals surface area contributed by atoms with Crippen LogP contribution in [0.4, 0.5) is 11.5 Å². The largest absolute Gasteiger partial charge is 0.508 e. The van der Waals surface area contributed by atoms with Gasteiger partial charge in [0.15, 0.2) is 5.82 Å². The van der Waals surface area contributed by atoms with Crippen LogP contribution in [0.1, 0.15) is 40.0 Å². The first kappa shape index (κ1) is 21.1. The highest BCUT2D eigenvalue weighted by Gasteiger charge is 2.20. The van der Waals surface area contributed by atoms with E-state index in [-0.39, 0.29) is 11.1 Å². The molecule has 0 saturated carbocycles. The Morgan fingerprint density at radius 3 is 2.42 bits per heavy atom. The number of hydrogen-bond donors (Lipinski definition) is 4. The van der Waals surface area contributed by atoms with Crippen LogP contribution in [-0.2, 0) is 13.0 Å². The van der Waals surface area contributed by atoms with Gasteiger partial charge in [-0.05, 0) is 48.2 Å². The van der Waals surface area contributed by atoms with E-state index in [0.29, 0.717) is 30.0 Å². The van der Waals surface area contributed by atoms with Gasteiger partial charge in [-0.2, -0.15) is 5.10 Å². The molecule has 1 fully saturated rings. The minimum atomic E-state index is -0.530. The molecule has 2 heterocycles. The lowest BCUT2D eigenvalue weighted by Crippen LogP contribution is -2.33.